The van der Waals surface area contributed by atoms with E-state index in [1.807, 2.05) is 7.11 Å². The van der Waals surface area contributed by atoms with Crippen LogP contribution in [-0.4, -0.2) is 28.6 Å². The van der Waals surface area contributed by atoms with Crippen molar-refractivity contribution in [1.29, 1.82) is 0 Å². The van der Waals surface area contributed by atoms with Crippen molar-refractivity contribution >= 4 is 8.32 Å². The first-order valence-electron chi connectivity index (χ1n) is 7.39. The van der Waals surface area contributed by atoms with Crippen molar-refractivity contribution in [3.63, 3.8) is 0 Å². The molecule has 0 atom stereocenters. The molecule has 0 unspecified atom stereocenters. The quantitative estimate of drug-likeness (QED) is 0.688. The zero-order valence-electron chi connectivity index (χ0n) is 13.2. The maximum absolute atomic E-state index is 6.34. The van der Waals surface area contributed by atoms with Crippen LogP contribution in [-0.2, 0) is 9.16 Å². The van der Waals surface area contributed by atoms with Crippen molar-refractivity contribution in [3.05, 3.63) is 0 Å². The molecular formula is C15H32O2Si. The molecule has 3 heteroatoms. The van der Waals surface area contributed by atoms with E-state index in [1.165, 1.54) is 25.7 Å². The average molecular weight is 273 g/mol. The molecule has 0 aliphatic heterocycles. The van der Waals surface area contributed by atoms with Crippen molar-refractivity contribution in [2.24, 2.45) is 11.8 Å². The van der Waals surface area contributed by atoms with Crippen LogP contribution >= 0.6 is 0 Å². The van der Waals surface area contributed by atoms with Gasteiger partial charge in [0.1, 0.15) is 0 Å². The SMILES string of the molecule is COCC1CCC(CO[Si](C)(C)C(C)(C)C)CC1. The van der Waals surface area contributed by atoms with Gasteiger partial charge >= 0.3 is 0 Å². The Balaban J connectivity index is 2.30. The monoisotopic (exact) mass is 272 g/mol. The summed E-state index contributed by atoms with van der Waals surface area (Å²) in [5.74, 6) is 1.58. The van der Waals surface area contributed by atoms with E-state index in [4.69, 9.17) is 9.16 Å². The van der Waals surface area contributed by atoms with Crippen LogP contribution in [0.15, 0.2) is 0 Å². The molecular weight excluding hydrogens is 240 g/mol. The number of hydrogen-bond acceptors (Lipinski definition) is 2. The third-order valence-corrected chi connectivity index (χ3v) is 9.36. The lowest BCUT2D eigenvalue weighted by molar-refractivity contribution is 0.104. The minimum atomic E-state index is -1.55. The number of hydrogen-bond donors (Lipinski definition) is 0. The van der Waals surface area contributed by atoms with Crippen LogP contribution in [0.4, 0.5) is 0 Å². The van der Waals surface area contributed by atoms with E-state index in [9.17, 15) is 0 Å². The van der Waals surface area contributed by atoms with Crippen molar-refractivity contribution in [2.45, 2.75) is 64.6 Å². The maximum atomic E-state index is 6.34. The third-order valence-electron chi connectivity index (χ3n) is 4.85. The molecule has 0 heterocycles. The molecule has 0 radical (unpaired) electrons. The highest BCUT2D eigenvalue weighted by Crippen LogP contribution is 2.38. The van der Waals surface area contributed by atoms with Gasteiger partial charge < -0.3 is 9.16 Å². The van der Waals surface area contributed by atoms with E-state index in [0.29, 0.717) is 5.04 Å². The molecule has 1 rings (SSSR count). The number of methoxy groups -OCH3 is 1. The summed E-state index contributed by atoms with van der Waals surface area (Å²) in [6.45, 7) is 13.6. The zero-order valence-corrected chi connectivity index (χ0v) is 14.2. The number of ether oxygens (including phenoxy) is 1. The minimum absolute atomic E-state index is 0.334. The largest absolute Gasteiger partial charge is 0.417 e. The number of rotatable bonds is 5. The van der Waals surface area contributed by atoms with E-state index >= 15 is 0 Å². The topological polar surface area (TPSA) is 18.5 Å². The van der Waals surface area contributed by atoms with Crippen LogP contribution in [0, 0.1) is 11.8 Å². The van der Waals surface area contributed by atoms with E-state index < -0.39 is 8.32 Å². The summed E-state index contributed by atoms with van der Waals surface area (Å²) in [4.78, 5) is 0. The van der Waals surface area contributed by atoms with Crippen LogP contribution in [0.5, 0.6) is 0 Å². The van der Waals surface area contributed by atoms with Crippen LogP contribution < -0.4 is 0 Å². The first-order valence-corrected chi connectivity index (χ1v) is 10.3. The second-order valence-corrected chi connectivity index (χ2v) is 12.2. The zero-order chi connectivity index (χ0) is 13.8. The molecule has 0 aromatic carbocycles. The van der Waals surface area contributed by atoms with Crippen LogP contribution in [0.25, 0.3) is 0 Å². The minimum Gasteiger partial charge on any atom is -0.417 e. The molecule has 0 aromatic heterocycles. The summed E-state index contributed by atoms with van der Waals surface area (Å²) in [7, 11) is 0.266. The summed E-state index contributed by atoms with van der Waals surface area (Å²) in [5.41, 5.74) is 0. The Labute approximate surface area is 115 Å². The highest BCUT2D eigenvalue weighted by Gasteiger charge is 2.37. The third kappa shape index (κ3) is 4.67. The lowest BCUT2D eigenvalue weighted by atomic mass is 9.83. The Kier molecular flexibility index (Phi) is 5.88. The van der Waals surface area contributed by atoms with E-state index in [-0.39, 0.29) is 0 Å². The van der Waals surface area contributed by atoms with Crippen molar-refractivity contribution in [3.8, 4) is 0 Å². The second kappa shape index (κ2) is 6.53. The van der Waals surface area contributed by atoms with Crippen LogP contribution in [0.2, 0.25) is 18.1 Å². The summed E-state index contributed by atoms with van der Waals surface area (Å²) in [5, 5.41) is 0.334. The van der Waals surface area contributed by atoms with Crippen LogP contribution in [0.3, 0.4) is 0 Å². The molecule has 1 saturated carbocycles. The molecule has 1 aliphatic rings. The smallest absolute Gasteiger partial charge is 0.191 e. The molecule has 2 nitrogen and oxygen atoms in total. The Morgan fingerprint density at radius 2 is 1.39 bits per heavy atom. The standard InChI is InChI=1S/C15H32O2Si/c1-15(2,3)18(5,6)17-12-14-9-7-13(8-10-14)11-16-4/h13-14H,7-12H2,1-6H3. The fraction of sp³-hybridized carbons (Fsp3) is 1.00. The van der Waals surface area contributed by atoms with Crippen molar-refractivity contribution < 1.29 is 9.16 Å². The van der Waals surface area contributed by atoms with Crippen LogP contribution in [0.1, 0.15) is 46.5 Å². The molecule has 0 amide bonds. The molecule has 0 bridgehead atoms. The fourth-order valence-corrected chi connectivity index (χ4v) is 3.43. The fourth-order valence-electron chi connectivity index (χ4n) is 2.34. The molecule has 0 spiro atoms. The van der Waals surface area contributed by atoms with Gasteiger partial charge in [0.25, 0.3) is 0 Å². The van der Waals surface area contributed by atoms with Gasteiger partial charge in [-0.1, -0.05) is 20.8 Å². The summed E-state index contributed by atoms with van der Waals surface area (Å²) < 4.78 is 11.6. The Morgan fingerprint density at radius 1 is 0.944 bits per heavy atom. The summed E-state index contributed by atoms with van der Waals surface area (Å²) in [6.07, 6.45) is 5.28. The van der Waals surface area contributed by atoms with Gasteiger partial charge in [-0.05, 0) is 55.7 Å². The van der Waals surface area contributed by atoms with Crippen molar-refractivity contribution in [1.82, 2.24) is 0 Å². The Bertz CT molecular complexity index is 237. The normalized spacial score (nSPS) is 26.3. The molecule has 108 valence electrons. The van der Waals surface area contributed by atoms with Gasteiger partial charge in [0, 0.05) is 20.3 Å². The highest BCUT2D eigenvalue weighted by atomic mass is 28.4. The highest BCUT2D eigenvalue weighted by molar-refractivity contribution is 6.74. The first-order chi connectivity index (χ1) is 8.26. The van der Waals surface area contributed by atoms with E-state index in [2.05, 4.69) is 33.9 Å². The van der Waals surface area contributed by atoms with Crippen molar-refractivity contribution in [2.75, 3.05) is 20.3 Å². The van der Waals surface area contributed by atoms with Gasteiger partial charge in [0.05, 0.1) is 0 Å². The summed E-state index contributed by atoms with van der Waals surface area (Å²) in [6, 6.07) is 0. The molecule has 18 heavy (non-hydrogen) atoms. The summed E-state index contributed by atoms with van der Waals surface area (Å²) >= 11 is 0. The average Bonchev–Trinajstić information content (AvgIpc) is 2.27. The van der Waals surface area contributed by atoms with Gasteiger partial charge in [-0.3, -0.25) is 0 Å². The second-order valence-electron chi connectivity index (χ2n) is 7.41. The maximum Gasteiger partial charge on any atom is 0.191 e. The van der Waals surface area contributed by atoms with Gasteiger partial charge in [-0.2, -0.15) is 0 Å². The predicted octanol–water partition coefficient (Wildman–Crippen LogP) is 4.46. The molecule has 0 aromatic rings. The van der Waals surface area contributed by atoms with Gasteiger partial charge in [0.15, 0.2) is 8.32 Å². The lowest BCUT2D eigenvalue weighted by Gasteiger charge is -2.38. The lowest BCUT2D eigenvalue weighted by Crippen LogP contribution is -2.42. The Hall–Kier alpha value is 0.137. The molecule has 1 aliphatic carbocycles. The van der Waals surface area contributed by atoms with E-state index in [0.717, 1.165) is 25.0 Å². The molecule has 0 N–H and O–H groups in total. The van der Waals surface area contributed by atoms with E-state index in [1.54, 1.807) is 0 Å². The molecule has 0 saturated heterocycles. The predicted molar refractivity (Wildman–Crippen MR) is 80.5 cm³/mol. The van der Waals surface area contributed by atoms with Gasteiger partial charge in [0.2, 0.25) is 0 Å². The van der Waals surface area contributed by atoms with Gasteiger partial charge in [-0.15, -0.1) is 0 Å². The first kappa shape index (κ1) is 16.2. The molecule has 1 fully saturated rings. The Morgan fingerprint density at radius 3 is 1.78 bits per heavy atom. The van der Waals surface area contributed by atoms with Gasteiger partial charge in [-0.25, -0.2) is 0 Å².